The highest BCUT2D eigenvalue weighted by molar-refractivity contribution is 5.62. The number of anilines is 2. The van der Waals surface area contributed by atoms with Gasteiger partial charge in [0.2, 0.25) is 0 Å². The van der Waals surface area contributed by atoms with Gasteiger partial charge in [-0.25, -0.2) is 4.39 Å². The number of hydrogen-bond donors (Lipinski definition) is 2. The van der Waals surface area contributed by atoms with Crippen LogP contribution in [0.1, 0.15) is 5.56 Å². The zero-order chi connectivity index (χ0) is 11.4. The highest BCUT2D eigenvalue weighted by atomic mass is 19.1. The van der Waals surface area contributed by atoms with Gasteiger partial charge in [-0.3, -0.25) is 4.98 Å². The van der Waals surface area contributed by atoms with Crippen molar-refractivity contribution in [1.29, 1.82) is 0 Å². The van der Waals surface area contributed by atoms with Crippen LogP contribution in [-0.2, 0) is 6.54 Å². The molecule has 0 unspecified atom stereocenters. The summed E-state index contributed by atoms with van der Waals surface area (Å²) in [7, 11) is 0. The maximum absolute atomic E-state index is 13.0. The van der Waals surface area contributed by atoms with E-state index in [-0.39, 0.29) is 5.82 Å². The molecule has 82 valence electrons. The lowest BCUT2D eigenvalue weighted by Crippen LogP contribution is -2.02. The van der Waals surface area contributed by atoms with E-state index in [4.69, 9.17) is 5.73 Å². The zero-order valence-corrected chi connectivity index (χ0v) is 8.65. The predicted molar refractivity (Wildman–Crippen MR) is 61.8 cm³/mol. The van der Waals surface area contributed by atoms with E-state index in [1.807, 2.05) is 6.07 Å². The average Bonchev–Trinajstić information content (AvgIpc) is 2.30. The molecule has 0 atom stereocenters. The second-order valence-electron chi connectivity index (χ2n) is 3.37. The highest BCUT2D eigenvalue weighted by Crippen LogP contribution is 2.19. The molecule has 1 aromatic heterocycles. The van der Waals surface area contributed by atoms with Crippen molar-refractivity contribution in [2.45, 2.75) is 6.54 Å². The third kappa shape index (κ3) is 2.35. The summed E-state index contributed by atoms with van der Waals surface area (Å²) < 4.78 is 13.0. The molecule has 0 radical (unpaired) electrons. The van der Waals surface area contributed by atoms with E-state index < -0.39 is 0 Å². The van der Waals surface area contributed by atoms with Gasteiger partial charge in [-0.15, -0.1) is 0 Å². The summed E-state index contributed by atoms with van der Waals surface area (Å²) in [6.07, 6.45) is 3.36. The molecule has 4 heteroatoms. The maximum Gasteiger partial charge on any atom is 0.125 e. The largest absolute Gasteiger partial charge is 0.355 e. The molecule has 1 heterocycles. The summed E-state index contributed by atoms with van der Waals surface area (Å²) in [5.41, 5.74) is 8.02. The minimum absolute atomic E-state index is 0.270. The van der Waals surface area contributed by atoms with Crippen LogP contribution in [0.4, 0.5) is 15.8 Å². The fourth-order valence-corrected chi connectivity index (χ4v) is 1.43. The molecule has 3 nitrogen and oxygen atoms in total. The Hall–Kier alpha value is -1.94. The first-order valence-electron chi connectivity index (χ1n) is 4.95. The number of halogens is 1. The number of nitrogens with zero attached hydrogens (tertiary/aromatic N) is 1. The maximum atomic E-state index is 13.0. The molecule has 3 N–H and O–H groups in total. The number of hydrogen-bond acceptors (Lipinski definition) is 3. The van der Waals surface area contributed by atoms with Crippen molar-refractivity contribution < 1.29 is 4.39 Å². The minimum atomic E-state index is -0.270. The van der Waals surface area contributed by atoms with E-state index in [1.165, 1.54) is 12.1 Å². The zero-order valence-electron chi connectivity index (χ0n) is 8.65. The van der Waals surface area contributed by atoms with Crippen LogP contribution in [0.25, 0.3) is 0 Å². The van der Waals surface area contributed by atoms with E-state index in [0.717, 1.165) is 11.3 Å². The molecule has 0 fully saturated rings. The van der Waals surface area contributed by atoms with Gasteiger partial charge in [0.05, 0.1) is 0 Å². The van der Waals surface area contributed by atoms with Gasteiger partial charge in [-0.05, 0) is 24.3 Å². The number of rotatable bonds is 3. The van der Waals surface area contributed by atoms with E-state index >= 15 is 0 Å². The van der Waals surface area contributed by atoms with Gasteiger partial charge in [-0.1, -0.05) is 6.07 Å². The molecule has 1 aromatic carbocycles. The summed E-state index contributed by atoms with van der Waals surface area (Å²) >= 11 is 0. The molecule has 0 amide bonds. The Morgan fingerprint density at radius 2 is 2.19 bits per heavy atom. The van der Waals surface area contributed by atoms with Crippen LogP contribution in [0, 0.1) is 5.82 Å². The van der Waals surface area contributed by atoms with Crippen LogP contribution >= 0.6 is 0 Å². The lowest BCUT2D eigenvalue weighted by molar-refractivity contribution is 0.628. The SMILES string of the molecule is NCc1cnccc1Nc1cccc(F)c1. The van der Waals surface area contributed by atoms with Crippen LogP contribution < -0.4 is 11.1 Å². The van der Waals surface area contributed by atoms with Crippen LogP contribution in [-0.4, -0.2) is 4.98 Å². The quantitative estimate of drug-likeness (QED) is 0.830. The van der Waals surface area contributed by atoms with Crippen LogP contribution in [0.5, 0.6) is 0 Å². The second-order valence-corrected chi connectivity index (χ2v) is 3.37. The Kier molecular flexibility index (Phi) is 3.12. The van der Waals surface area contributed by atoms with Gasteiger partial charge >= 0.3 is 0 Å². The van der Waals surface area contributed by atoms with Crippen molar-refractivity contribution in [2.24, 2.45) is 5.73 Å². The van der Waals surface area contributed by atoms with E-state index in [1.54, 1.807) is 24.5 Å². The lowest BCUT2D eigenvalue weighted by Gasteiger charge is -2.09. The van der Waals surface area contributed by atoms with Crippen molar-refractivity contribution in [3.63, 3.8) is 0 Å². The smallest absolute Gasteiger partial charge is 0.125 e. The number of pyridine rings is 1. The Morgan fingerprint density at radius 1 is 1.31 bits per heavy atom. The van der Waals surface area contributed by atoms with Crippen molar-refractivity contribution >= 4 is 11.4 Å². The molecule has 0 spiro atoms. The van der Waals surface area contributed by atoms with Crippen molar-refractivity contribution in [1.82, 2.24) is 4.98 Å². The van der Waals surface area contributed by atoms with Crippen LogP contribution in [0.3, 0.4) is 0 Å². The van der Waals surface area contributed by atoms with E-state index in [0.29, 0.717) is 12.2 Å². The summed E-state index contributed by atoms with van der Waals surface area (Å²) in [4.78, 5) is 3.98. The minimum Gasteiger partial charge on any atom is -0.355 e. The van der Waals surface area contributed by atoms with Gasteiger partial charge in [0.15, 0.2) is 0 Å². The second kappa shape index (κ2) is 4.72. The normalized spacial score (nSPS) is 10.1. The first kappa shape index (κ1) is 10.6. The number of nitrogens with one attached hydrogen (secondary N) is 1. The molecule has 0 aliphatic carbocycles. The molecular weight excluding hydrogens is 205 g/mol. The number of nitrogens with two attached hydrogens (primary N) is 1. The Labute approximate surface area is 93.1 Å². The molecule has 16 heavy (non-hydrogen) atoms. The van der Waals surface area contributed by atoms with Gasteiger partial charge < -0.3 is 11.1 Å². The van der Waals surface area contributed by atoms with Gasteiger partial charge in [0.1, 0.15) is 5.82 Å². The third-order valence-electron chi connectivity index (χ3n) is 2.23. The topological polar surface area (TPSA) is 50.9 Å². The standard InChI is InChI=1S/C12H12FN3/c13-10-2-1-3-11(6-10)16-12-4-5-15-8-9(12)7-14/h1-6,8H,7,14H2,(H,15,16). The monoisotopic (exact) mass is 217 g/mol. The van der Waals surface area contributed by atoms with Gasteiger partial charge in [0, 0.05) is 35.9 Å². The van der Waals surface area contributed by atoms with Crippen LogP contribution in [0.15, 0.2) is 42.7 Å². The molecule has 0 aliphatic heterocycles. The lowest BCUT2D eigenvalue weighted by atomic mass is 10.2. The first-order chi connectivity index (χ1) is 7.79. The number of aromatic nitrogens is 1. The van der Waals surface area contributed by atoms with Crippen LogP contribution in [0.2, 0.25) is 0 Å². The third-order valence-corrected chi connectivity index (χ3v) is 2.23. The van der Waals surface area contributed by atoms with Crippen molar-refractivity contribution in [2.75, 3.05) is 5.32 Å². The summed E-state index contributed by atoms with van der Waals surface area (Å²) in [6, 6.07) is 8.10. The average molecular weight is 217 g/mol. The Morgan fingerprint density at radius 3 is 2.94 bits per heavy atom. The Balaban J connectivity index is 2.26. The van der Waals surface area contributed by atoms with E-state index in [9.17, 15) is 4.39 Å². The van der Waals surface area contributed by atoms with Crippen molar-refractivity contribution in [3.05, 3.63) is 54.1 Å². The molecule has 0 saturated heterocycles. The van der Waals surface area contributed by atoms with Crippen molar-refractivity contribution in [3.8, 4) is 0 Å². The molecule has 0 aliphatic rings. The molecule has 2 aromatic rings. The number of benzene rings is 1. The molecule has 0 saturated carbocycles. The summed E-state index contributed by atoms with van der Waals surface area (Å²) in [6.45, 7) is 0.394. The summed E-state index contributed by atoms with van der Waals surface area (Å²) in [5, 5.41) is 3.10. The molecular formula is C12H12FN3. The molecule has 0 bridgehead atoms. The summed E-state index contributed by atoms with van der Waals surface area (Å²) in [5.74, 6) is -0.270. The van der Waals surface area contributed by atoms with E-state index in [2.05, 4.69) is 10.3 Å². The fraction of sp³-hybridized carbons (Fsp3) is 0.0833. The Bertz CT molecular complexity index is 485. The van der Waals surface area contributed by atoms with Gasteiger partial charge in [0.25, 0.3) is 0 Å². The molecule has 2 rings (SSSR count). The fourth-order valence-electron chi connectivity index (χ4n) is 1.43. The first-order valence-corrected chi connectivity index (χ1v) is 4.95. The highest BCUT2D eigenvalue weighted by Gasteiger charge is 2.01. The predicted octanol–water partition coefficient (Wildman–Crippen LogP) is 2.42. The van der Waals surface area contributed by atoms with Gasteiger partial charge in [-0.2, -0.15) is 0 Å².